The lowest BCUT2D eigenvalue weighted by Gasteiger charge is -2.27. The molecule has 0 aliphatic heterocycles. The predicted molar refractivity (Wildman–Crippen MR) is 92.9 cm³/mol. The summed E-state index contributed by atoms with van der Waals surface area (Å²) in [4.78, 5) is 14.2. The molecule has 1 unspecified atom stereocenters. The molecule has 0 bridgehead atoms. The van der Waals surface area contributed by atoms with E-state index < -0.39 is 11.7 Å². The molecule has 1 N–H and O–H groups in total. The molecule has 0 radical (unpaired) electrons. The van der Waals surface area contributed by atoms with Gasteiger partial charge in [0.15, 0.2) is 0 Å². The Morgan fingerprint density at radius 3 is 2.65 bits per heavy atom. The van der Waals surface area contributed by atoms with Crippen LogP contribution in [0.3, 0.4) is 0 Å². The Labute approximate surface area is 143 Å². The minimum Gasteiger partial charge on any atom is -0.444 e. The van der Waals surface area contributed by atoms with Gasteiger partial charge in [-0.2, -0.15) is 0 Å². The lowest BCUT2D eigenvalue weighted by atomic mass is 10.1. The van der Waals surface area contributed by atoms with Crippen LogP contribution in [-0.4, -0.2) is 50.4 Å². The number of alkyl carbamates (subject to hydrolysis) is 1. The van der Waals surface area contributed by atoms with Gasteiger partial charge in [-0.15, -0.1) is 0 Å². The van der Waals surface area contributed by atoms with Crippen LogP contribution in [0, 0.1) is 0 Å². The Morgan fingerprint density at radius 2 is 2.09 bits per heavy atom. The van der Waals surface area contributed by atoms with Crippen molar-refractivity contribution in [3.05, 3.63) is 34.9 Å². The molecule has 0 fully saturated rings. The smallest absolute Gasteiger partial charge is 0.408 e. The van der Waals surface area contributed by atoms with Gasteiger partial charge in [0, 0.05) is 25.2 Å². The van der Waals surface area contributed by atoms with Crippen LogP contribution in [0.25, 0.3) is 0 Å². The van der Waals surface area contributed by atoms with Gasteiger partial charge in [-0.25, -0.2) is 4.79 Å². The number of nitrogens with zero attached hydrogens (tertiary/aromatic N) is 1. The molecule has 1 amide bonds. The summed E-state index contributed by atoms with van der Waals surface area (Å²) in [5.74, 6) is 0. The van der Waals surface area contributed by atoms with Crippen LogP contribution < -0.4 is 5.32 Å². The highest BCUT2D eigenvalue weighted by atomic mass is 35.5. The SMILES string of the molecule is COCCN(C)CC(NC(=O)OC(C)(C)C)c1cccc(Cl)c1. The van der Waals surface area contributed by atoms with Gasteiger partial charge < -0.3 is 19.7 Å². The van der Waals surface area contributed by atoms with Crippen LogP contribution in [0.15, 0.2) is 24.3 Å². The number of carbonyl (C=O) groups is 1. The fourth-order valence-corrected chi connectivity index (χ4v) is 2.26. The Kier molecular flexibility index (Phi) is 7.82. The van der Waals surface area contributed by atoms with Gasteiger partial charge in [-0.05, 0) is 45.5 Å². The average molecular weight is 343 g/mol. The Balaban J connectivity index is 2.82. The molecule has 23 heavy (non-hydrogen) atoms. The first-order valence-electron chi connectivity index (χ1n) is 7.63. The minimum absolute atomic E-state index is 0.217. The van der Waals surface area contributed by atoms with Crippen molar-refractivity contribution < 1.29 is 14.3 Å². The van der Waals surface area contributed by atoms with Gasteiger partial charge in [-0.3, -0.25) is 0 Å². The second kappa shape index (κ2) is 9.11. The average Bonchev–Trinajstić information content (AvgIpc) is 2.42. The van der Waals surface area contributed by atoms with Crippen LogP contribution in [0.1, 0.15) is 32.4 Å². The topological polar surface area (TPSA) is 50.8 Å². The Morgan fingerprint density at radius 1 is 1.39 bits per heavy atom. The molecule has 1 aromatic carbocycles. The standard InChI is InChI=1S/C17H27ClN2O3/c1-17(2,3)23-16(21)19-15(12-20(4)9-10-22-5)13-7-6-8-14(18)11-13/h6-8,11,15H,9-10,12H2,1-5H3,(H,19,21). The molecule has 0 saturated heterocycles. The Bertz CT molecular complexity index is 503. The predicted octanol–water partition coefficient (Wildman–Crippen LogP) is 3.48. The highest BCUT2D eigenvalue weighted by Gasteiger charge is 2.21. The molecule has 1 atom stereocenters. The summed E-state index contributed by atoms with van der Waals surface area (Å²) in [6, 6.07) is 7.26. The minimum atomic E-state index is -0.537. The normalized spacial score (nSPS) is 13.0. The van der Waals surface area contributed by atoms with E-state index in [1.807, 2.05) is 52.1 Å². The molecule has 6 heteroatoms. The van der Waals surface area contributed by atoms with Crippen molar-refractivity contribution >= 4 is 17.7 Å². The molecule has 5 nitrogen and oxygen atoms in total. The van der Waals surface area contributed by atoms with Crippen molar-refractivity contribution in [3.8, 4) is 0 Å². The molecule has 130 valence electrons. The second-order valence-corrected chi connectivity index (χ2v) is 6.95. The number of carbonyl (C=O) groups excluding carboxylic acids is 1. The number of hydrogen-bond donors (Lipinski definition) is 1. The summed E-state index contributed by atoms with van der Waals surface area (Å²) in [5, 5.41) is 3.56. The van der Waals surface area contributed by atoms with Crippen LogP contribution in [0.4, 0.5) is 4.79 Å². The third-order valence-electron chi connectivity index (χ3n) is 3.11. The molecular formula is C17H27ClN2O3. The van der Waals surface area contributed by atoms with Gasteiger partial charge in [0.05, 0.1) is 12.6 Å². The number of methoxy groups -OCH3 is 1. The van der Waals surface area contributed by atoms with E-state index in [4.69, 9.17) is 21.1 Å². The van der Waals surface area contributed by atoms with Crippen molar-refractivity contribution in [2.24, 2.45) is 0 Å². The summed E-state index contributed by atoms with van der Waals surface area (Å²) in [6.07, 6.45) is -0.442. The number of amides is 1. The van der Waals surface area contributed by atoms with E-state index in [1.165, 1.54) is 0 Å². The summed E-state index contributed by atoms with van der Waals surface area (Å²) >= 11 is 6.07. The summed E-state index contributed by atoms with van der Waals surface area (Å²) in [6.45, 7) is 7.54. The fraction of sp³-hybridized carbons (Fsp3) is 0.588. The van der Waals surface area contributed by atoms with Crippen molar-refractivity contribution in [1.82, 2.24) is 10.2 Å². The highest BCUT2D eigenvalue weighted by molar-refractivity contribution is 6.30. The van der Waals surface area contributed by atoms with Gasteiger partial charge in [-0.1, -0.05) is 23.7 Å². The number of nitrogens with one attached hydrogen (secondary N) is 1. The van der Waals surface area contributed by atoms with Crippen molar-refractivity contribution in [3.63, 3.8) is 0 Å². The van der Waals surface area contributed by atoms with E-state index in [-0.39, 0.29) is 6.04 Å². The third-order valence-corrected chi connectivity index (χ3v) is 3.35. The maximum Gasteiger partial charge on any atom is 0.408 e. The maximum atomic E-state index is 12.1. The first kappa shape index (κ1) is 19.7. The van der Waals surface area contributed by atoms with Gasteiger partial charge in [0.2, 0.25) is 0 Å². The van der Waals surface area contributed by atoms with E-state index >= 15 is 0 Å². The zero-order chi connectivity index (χ0) is 17.5. The van der Waals surface area contributed by atoms with Crippen molar-refractivity contribution in [1.29, 1.82) is 0 Å². The van der Waals surface area contributed by atoms with Gasteiger partial charge >= 0.3 is 6.09 Å². The monoisotopic (exact) mass is 342 g/mol. The lowest BCUT2D eigenvalue weighted by molar-refractivity contribution is 0.0491. The van der Waals surface area contributed by atoms with Crippen LogP contribution in [0.2, 0.25) is 5.02 Å². The summed E-state index contributed by atoms with van der Waals surface area (Å²) in [5.41, 5.74) is 0.401. The molecule has 0 spiro atoms. The molecule has 1 rings (SSSR count). The van der Waals surface area contributed by atoms with E-state index in [2.05, 4.69) is 10.2 Å². The van der Waals surface area contributed by atoms with Crippen molar-refractivity contribution in [2.75, 3.05) is 33.9 Å². The summed E-state index contributed by atoms with van der Waals surface area (Å²) in [7, 11) is 3.65. The quantitative estimate of drug-likeness (QED) is 0.824. The maximum absolute atomic E-state index is 12.1. The zero-order valence-corrected chi connectivity index (χ0v) is 15.3. The first-order valence-corrected chi connectivity index (χ1v) is 8.01. The van der Waals surface area contributed by atoms with E-state index in [0.29, 0.717) is 18.2 Å². The van der Waals surface area contributed by atoms with Gasteiger partial charge in [0.1, 0.15) is 5.60 Å². The lowest BCUT2D eigenvalue weighted by Crippen LogP contribution is -2.40. The number of ether oxygens (including phenoxy) is 2. The molecule has 0 aliphatic carbocycles. The molecule has 0 heterocycles. The number of halogens is 1. The highest BCUT2D eigenvalue weighted by Crippen LogP contribution is 2.19. The molecular weight excluding hydrogens is 316 g/mol. The summed E-state index contributed by atoms with van der Waals surface area (Å²) < 4.78 is 10.4. The number of benzene rings is 1. The third kappa shape index (κ3) is 8.21. The molecule has 0 aromatic heterocycles. The van der Waals surface area contributed by atoms with E-state index in [9.17, 15) is 4.79 Å². The zero-order valence-electron chi connectivity index (χ0n) is 14.6. The fourth-order valence-electron chi connectivity index (χ4n) is 2.06. The van der Waals surface area contributed by atoms with Gasteiger partial charge in [0.25, 0.3) is 0 Å². The number of rotatable bonds is 7. The van der Waals surface area contributed by atoms with Crippen LogP contribution in [0.5, 0.6) is 0 Å². The second-order valence-electron chi connectivity index (χ2n) is 6.51. The largest absolute Gasteiger partial charge is 0.444 e. The molecule has 1 aromatic rings. The molecule has 0 aliphatic rings. The van der Waals surface area contributed by atoms with Crippen LogP contribution >= 0.6 is 11.6 Å². The Hall–Kier alpha value is -1.30. The van der Waals surface area contributed by atoms with E-state index in [1.54, 1.807) is 7.11 Å². The molecule has 0 saturated carbocycles. The van der Waals surface area contributed by atoms with Crippen LogP contribution in [-0.2, 0) is 9.47 Å². The first-order chi connectivity index (χ1) is 10.7. The number of likely N-dealkylation sites (N-methyl/N-ethyl adjacent to an activating group) is 1. The van der Waals surface area contributed by atoms with E-state index in [0.717, 1.165) is 12.1 Å². The van der Waals surface area contributed by atoms with Crippen molar-refractivity contribution in [2.45, 2.75) is 32.4 Å². The number of hydrogen-bond acceptors (Lipinski definition) is 4.